The first-order valence-corrected chi connectivity index (χ1v) is 9.81. The van der Waals surface area contributed by atoms with Crippen LogP contribution in [0.3, 0.4) is 0 Å². The van der Waals surface area contributed by atoms with E-state index < -0.39 is 0 Å². The minimum atomic E-state index is 0.388. The molecule has 23 heavy (non-hydrogen) atoms. The summed E-state index contributed by atoms with van der Waals surface area (Å²) in [5, 5.41) is 17.4. The molecule has 0 heterocycles. The van der Waals surface area contributed by atoms with Crippen LogP contribution in [0.4, 0.5) is 11.4 Å². The normalized spacial score (nSPS) is 11.7. The molecule has 2 rings (SSSR count). The van der Waals surface area contributed by atoms with E-state index in [4.69, 9.17) is 23.2 Å². The maximum absolute atomic E-state index is 12.2. The number of nitrogens with zero attached hydrogens (tertiary/aromatic N) is 2. The molecule has 0 amide bonds. The van der Waals surface area contributed by atoms with Crippen LogP contribution in [-0.4, -0.2) is 16.4 Å². The molecule has 0 aliphatic heterocycles. The summed E-state index contributed by atoms with van der Waals surface area (Å²) in [5.74, 6) is 1.86. The van der Waals surface area contributed by atoms with Crippen LogP contribution >= 0.6 is 46.7 Å². The van der Waals surface area contributed by atoms with Gasteiger partial charge >= 0.3 is 0 Å². The topological polar surface area (TPSA) is 38.4 Å². The van der Waals surface area contributed by atoms with Crippen molar-refractivity contribution in [2.24, 2.45) is 5.11 Å². The minimum absolute atomic E-state index is 0.388. The van der Waals surface area contributed by atoms with Crippen molar-refractivity contribution in [2.45, 2.75) is 23.6 Å². The lowest BCUT2D eigenvalue weighted by Crippen LogP contribution is -1.91. The highest BCUT2D eigenvalue weighted by Gasteiger charge is 2.10. The Bertz CT molecular complexity index is 723. The number of rotatable bonds is 6. The summed E-state index contributed by atoms with van der Waals surface area (Å²) in [6.07, 6.45) is 0. The van der Waals surface area contributed by atoms with E-state index in [1.807, 2.05) is 19.1 Å². The van der Waals surface area contributed by atoms with Gasteiger partial charge in [0, 0.05) is 27.0 Å². The molecule has 2 aromatic carbocycles. The third-order valence-electron chi connectivity index (χ3n) is 2.86. The maximum Gasteiger partial charge on any atom is 0.246 e. The molecule has 0 fully saturated rings. The molecule has 3 nitrogen and oxygen atoms in total. The van der Waals surface area contributed by atoms with Crippen molar-refractivity contribution >= 4 is 58.1 Å². The first-order valence-electron chi connectivity index (χ1n) is 7.08. The summed E-state index contributed by atoms with van der Waals surface area (Å²) < 4.78 is 0. The molecule has 0 aromatic heterocycles. The van der Waals surface area contributed by atoms with Crippen LogP contribution in [0.25, 0.3) is 0 Å². The van der Waals surface area contributed by atoms with Gasteiger partial charge in [-0.05, 0) is 35.8 Å². The van der Waals surface area contributed by atoms with Gasteiger partial charge in [0.1, 0.15) is 5.69 Å². The van der Waals surface area contributed by atoms with Crippen LogP contribution < -0.4 is 0 Å². The lowest BCUT2D eigenvalue weighted by atomic mass is 10.3. The van der Waals surface area contributed by atoms with E-state index in [0.717, 1.165) is 21.3 Å². The molecule has 0 aliphatic rings. The van der Waals surface area contributed by atoms with Crippen molar-refractivity contribution in [3.8, 4) is 0 Å². The van der Waals surface area contributed by atoms with E-state index in [-0.39, 0.29) is 0 Å². The predicted molar refractivity (Wildman–Crippen MR) is 101 cm³/mol. The first kappa shape index (κ1) is 18.5. The SMILES string of the molecule is CCSc1ccc(N=[N+]([O-])c2ccc(SCC)c(Cl)c2)cc1Cl. The van der Waals surface area contributed by atoms with Crippen molar-refractivity contribution in [3.63, 3.8) is 0 Å². The van der Waals surface area contributed by atoms with Gasteiger partial charge in [-0.2, -0.15) is 0 Å². The third kappa shape index (κ3) is 5.05. The summed E-state index contributed by atoms with van der Waals surface area (Å²) in [6, 6.07) is 10.5. The maximum atomic E-state index is 12.2. The second-order valence-corrected chi connectivity index (χ2v) is 7.89. The fourth-order valence-corrected chi connectivity index (χ4v) is 3.89. The second-order valence-electron chi connectivity index (χ2n) is 4.47. The molecule has 0 N–H and O–H groups in total. The Morgan fingerprint density at radius 1 is 0.957 bits per heavy atom. The monoisotopic (exact) mass is 386 g/mol. The van der Waals surface area contributed by atoms with E-state index in [1.54, 1.807) is 47.8 Å². The lowest BCUT2D eigenvalue weighted by Gasteiger charge is -2.05. The standard InChI is InChI=1S/C16H16Cl2N2OS2/c1-3-22-15-7-5-11(9-13(15)17)19-20(21)12-6-8-16(23-4-2)14(18)10-12/h5-10H,3-4H2,1-2H3. The third-order valence-corrected chi connectivity index (χ3v) is 5.62. The molecule has 0 saturated carbocycles. The van der Waals surface area contributed by atoms with Crippen LogP contribution in [-0.2, 0) is 0 Å². The zero-order chi connectivity index (χ0) is 16.8. The molecule has 122 valence electrons. The van der Waals surface area contributed by atoms with Gasteiger partial charge in [-0.25, -0.2) is 0 Å². The van der Waals surface area contributed by atoms with Crippen LogP contribution in [0.15, 0.2) is 51.3 Å². The predicted octanol–water partition coefficient (Wildman–Crippen LogP) is 7.14. The molecular formula is C16H16Cl2N2OS2. The molecule has 7 heteroatoms. The van der Waals surface area contributed by atoms with E-state index in [9.17, 15) is 5.21 Å². The quantitative estimate of drug-likeness (QED) is 0.229. The van der Waals surface area contributed by atoms with Gasteiger partial charge in [-0.1, -0.05) is 41.9 Å². The molecule has 2 aromatic rings. The van der Waals surface area contributed by atoms with Crippen LogP contribution in [0.1, 0.15) is 13.8 Å². The van der Waals surface area contributed by atoms with Crippen LogP contribution in [0.2, 0.25) is 10.0 Å². The molecular weight excluding hydrogens is 371 g/mol. The van der Waals surface area contributed by atoms with Crippen LogP contribution in [0.5, 0.6) is 0 Å². The van der Waals surface area contributed by atoms with E-state index in [2.05, 4.69) is 12.0 Å². The highest BCUT2D eigenvalue weighted by atomic mass is 35.5. The molecule has 0 bridgehead atoms. The summed E-state index contributed by atoms with van der Waals surface area (Å²) >= 11 is 15.7. The lowest BCUT2D eigenvalue weighted by molar-refractivity contribution is -0.435. The smallest absolute Gasteiger partial charge is 0.246 e. The number of hydrogen-bond donors (Lipinski definition) is 0. The molecule has 0 aliphatic carbocycles. The van der Waals surface area contributed by atoms with Crippen molar-refractivity contribution in [3.05, 3.63) is 51.7 Å². The Kier molecular flexibility index (Phi) is 7.09. The Labute approximate surface area is 154 Å². The highest BCUT2D eigenvalue weighted by molar-refractivity contribution is 7.99. The summed E-state index contributed by atoms with van der Waals surface area (Å²) in [6.45, 7) is 4.11. The number of halogens is 2. The number of thioether (sulfide) groups is 2. The van der Waals surface area contributed by atoms with Gasteiger partial charge in [0.15, 0.2) is 0 Å². The van der Waals surface area contributed by atoms with Gasteiger partial charge in [0.25, 0.3) is 0 Å². The highest BCUT2D eigenvalue weighted by Crippen LogP contribution is 2.33. The number of hydrogen-bond acceptors (Lipinski definition) is 4. The fourth-order valence-electron chi connectivity index (χ4n) is 1.87. The molecule has 0 spiro atoms. The fraction of sp³-hybridized carbons (Fsp3) is 0.250. The minimum Gasteiger partial charge on any atom is -0.594 e. The Balaban J connectivity index is 2.25. The average Bonchev–Trinajstić information content (AvgIpc) is 2.52. The Morgan fingerprint density at radius 2 is 1.52 bits per heavy atom. The van der Waals surface area contributed by atoms with Gasteiger partial charge in [0.05, 0.1) is 10.0 Å². The van der Waals surface area contributed by atoms with Gasteiger partial charge < -0.3 is 5.21 Å². The van der Waals surface area contributed by atoms with Crippen molar-refractivity contribution < 1.29 is 4.86 Å². The number of benzene rings is 2. The largest absolute Gasteiger partial charge is 0.594 e. The van der Waals surface area contributed by atoms with Crippen molar-refractivity contribution in [1.82, 2.24) is 0 Å². The Hall–Kier alpha value is -0.880. The first-order chi connectivity index (χ1) is 11.0. The zero-order valence-corrected chi connectivity index (χ0v) is 15.9. The van der Waals surface area contributed by atoms with Gasteiger partial charge in [-0.15, -0.1) is 23.5 Å². The van der Waals surface area contributed by atoms with Gasteiger partial charge in [-0.3, -0.25) is 0 Å². The summed E-state index contributed by atoms with van der Waals surface area (Å²) in [7, 11) is 0. The van der Waals surface area contributed by atoms with Crippen LogP contribution in [0, 0.1) is 5.21 Å². The Morgan fingerprint density at radius 3 is 2.04 bits per heavy atom. The summed E-state index contributed by atoms with van der Waals surface area (Å²) in [5.41, 5.74) is 0.896. The molecule has 0 atom stereocenters. The van der Waals surface area contributed by atoms with Crippen molar-refractivity contribution in [2.75, 3.05) is 11.5 Å². The second kappa shape index (κ2) is 8.83. The zero-order valence-electron chi connectivity index (χ0n) is 12.8. The van der Waals surface area contributed by atoms with Gasteiger partial charge in [0.2, 0.25) is 5.69 Å². The number of azo groups is 1. The molecule has 0 unspecified atom stereocenters. The average molecular weight is 387 g/mol. The summed E-state index contributed by atoms with van der Waals surface area (Å²) in [4.78, 5) is 2.50. The molecule has 0 saturated heterocycles. The van der Waals surface area contributed by atoms with E-state index in [0.29, 0.717) is 26.3 Å². The van der Waals surface area contributed by atoms with Crippen molar-refractivity contribution in [1.29, 1.82) is 0 Å². The molecule has 0 radical (unpaired) electrons. The van der Waals surface area contributed by atoms with E-state index in [1.165, 1.54) is 0 Å². The van der Waals surface area contributed by atoms with E-state index >= 15 is 0 Å².